The lowest BCUT2D eigenvalue weighted by molar-refractivity contribution is -0.117. The average molecular weight is 348 g/mol. The smallest absolute Gasteiger partial charge is 0.246 e. The van der Waals surface area contributed by atoms with Gasteiger partial charge in [0.1, 0.15) is 12.1 Å². The van der Waals surface area contributed by atoms with Crippen molar-refractivity contribution in [3.63, 3.8) is 0 Å². The van der Waals surface area contributed by atoms with Crippen molar-refractivity contribution in [2.45, 2.75) is 25.8 Å². The van der Waals surface area contributed by atoms with Crippen molar-refractivity contribution in [2.24, 2.45) is 5.92 Å². The highest BCUT2D eigenvalue weighted by atomic mass is 16.2. The lowest BCUT2D eigenvalue weighted by Crippen LogP contribution is -2.32. The first kappa shape index (κ1) is 17.5. The van der Waals surface area contributed by atoms with Crippen LogP contribution in [-0.4, -0.2) is 17.9 Å². The van der Waals surface area contributed by atoms with Gasteiger partial charge in [-0.1, -0.05) is 12.1 Å². The molecule has 0 spiro atoms. The van der Waals surface area contributed by atoms with E-state index in [1.54, 1.807) is 43.3 Å². The van der Waals surface area contributed by atoms with Gasteiger partial charge in [-0.25, -0.2) is 0 Å². The van der Waals surface area contributed by atoms with E-state index in [1.165, 1.54) is 0 Å². The summed E-state index contributed by atoms with van der Waals surface area (Å²) in [6.07, 6.45) is 1.93. The summed E-state index contributed by atoms with van der Waals surface area (Å²) in [5.74, 6) is -0.0127. The predicted molar refractivity (Wildman–Crippen MR) is 101 cm³/mol. The lowest BCUT2D eigenvalue weighted by Gasteiger charge is -2.16. The molecule has 1 saturated carbocycles. The summed E-state index contributed by atoms with van der Waals surface area (Å²) in [5, 5.41) is 17.8. The molecule has 2 amide bonds. The third-order valence-corrected chi connectivity index (χ3v) is 4.18. The number of nitrogens with zero attached hydrogens (tertiary/aromatic N) is 1. The number of carbonyl (C=O) groups excluding carboxylic acids is 2. The second-order valence-corrected chi connectivity index (χ2v) is 6.35. The Kier molecular flexibility index (Phi) is 5.18. The molecule has 0 aliphatic heterocycles. The van der Waals surface area contributed by atoms with Crippen LogP contribution in [0.15, 0.2) is 48.5 Å². The quantitative estimate of drug-likeness (QED) is 0.746. The molecule has 6 nitrogen and oxygen atoms in total. The lowest BCUT2D eigenvalue weighted by atomic mass is 10.2. The van der Waals surface area contributed by atoms with Crippen LogP contribution in [0.5, 0.6) is 0 Å². The van der Waals surface area contributed by atoms with E-state index < -0.39 is 6.04 Å². The molecule has 0 unspecified atom stereocenters. The van der Waals surface area contributed by atoms with Crippen LogP contribution in [0.4, 0.5) is 17.1 Å². The van der Waals surface area contributed by atoms with Crippen molar-refractivity contribution in [1.29, 1.82) is 5.26 Å². The molecule has 0 saturated heterocycles. The van der Waals surface area contributed by atoms with Gasteiger partial charge in [-0.2, -0.15) is 5.26 Å². The van der Waals surface area contributed by atoms with E-state index in [0.29, 0.717) is 11.3 Å². The molecule has 26 heavy (non-hydrogen) atoms. The largest absolute Gasteiger partial charge is 0.374 e. The summed E-state index contributed by atoms with van der Waals surface area (Å²) >= 11 is 0. The Balaban J connectivity index is 1.56. The number of nitriles is 1. The van der Waals surface area contributed by atoms with Gasteiger partial charge in [-0.15, -0.1) is 0 Å². The van der Waals surface area contributed by atoms with Gasteiger partial charge in [0.15, 0.2) is 0 Å². The normalized spacial score (nSPS) is 14.0. The fraction of sp³-hybridized carbons (Fsp3) is 0.250. The molecule has 1 aliphatic carbocycles. The molecule has 3 N–H and O–H groups in total. The highest BCUT2D eigenvalue weighted by molar-refractivity contribution is 5.97. The molecule has 3 rings (SSSR count). The van der Waals surface area contributed by atoms with E-state index in [1.807, 2.05) is 12.1 Å². The fourth-order valence-corrected chi connectivity index (χ4v) is 2.49. The maximum Gasteiger partial charge on any atom is 0.246 e. The number of rotatable bonds is 6. The maximum atomic E-state index is 12.3. The van der Waals surface area contributed by atoms with E-state index in [-0.39, 0.29) is 17.7 Å². The molecule has 1 atom stereocenters. The second-order valence-electron chi connectivity index (χ2n) is 6.35. The van der Waals surface area contributed by atoms with Crippen molar-refractivity contribution in [3.05, 3.63) is 54.1 Å². The van der Waals surface area contributed by atoms with Crippen molar-refractivity contribution in [2.75, 3.05) is 16.0 Å². The number of carbonyl (C=O) groups is 2. The summed E-state index contributed by atoms with van der Waals surface area (Å²) in [6, 6.07) is 15.7. The van der Waals surface area contributed by atoms with Gasteiger partial charge in [0, 0.05) is 17.3 Å². The molecule has 0 radical (unpaired) electrons. The van der Waals surface area contributed by atoms with Crippen LogP contribution in [0.2, 0.25) is 0 Å². The number of hydrogen-bond donors (Lipinski definition) is 3. The molecule has 2 aromatic carbocycles. The Labute approximate surface area is 152 Å². The number of para-hydroxylation sites is 1. The van der Waals surface area contributed by atoms with Gasteiger partial charge in [-0.3, -0.25) is 9.59 Å². The average Bonchev–Trinajstić information content (AvgIpc) is 3.49. The summed E-state index contributed by atoms with van der Waals surface area (Å²) in [5.41, 5.74) is 2.42. The number of hydrogen-bond acceptors (Lipinski definition) is 4. The third kappa shape index (κ3) is 4.39. The van der Waals surface area contributed by atoms with Crippen molar-refractivity contribution >= 4 is 28.9 Å². The standard InChI is InChI=1S/C20H20N4O2/c1-13(19(25)24-18-5-3-2-4-15(18)12-21)22-16-8-10-17(11-9-16)23-20(26)14-6-7-14/h2-5,8-11,13-14,22H,6-7H2,1H3,(H,23,26)(H,24,25)/t13-/m0/s1. The van der Waals surface area contributed by atoms with Gasteiger partial charge in [0.2, 0.25) is 11.8 Å². The fourth-order valence-electron chi connectivity index (χ4n) is 2.49. The van der Waals surface area contributed by atoms with Crippen LogP contribution in [0.3, 0.4) is 0 Å². The van der Waals surface area contributed by atoms with E-state index >= 15 is 0 Å². The van der Waals surface area contributed by atoms with Crippen LogP contribution < -0.4 is 16.0 Å². The molecule has 2 aromatic rings. The number of anilines is 3. The van der Waals surface area contributed by atoms with Gasteiger partial charge < -0.3 is 16.0 Å². The molecule has 0 heterocycles. The van der Waals surface area contributed by atoms with Crippen molar-refractivity contribution in [3.8, 4) is 6.07 Å². The first-order chi connectivity index (χ1) is 12.6. The topological polar surface area (TPSA) is 94.0 Å². The van der Waals surface area contributed by atoms with Gasteiger partial charge in [0.25, 0.3) is 0 Å². The second kappa shape index (κ2) is 7.70. The number of benzene rings is 2. The zero-order valence-electron chi connectivity index (χ0n) is 14.5. The Morgan fingerprint density at radius 3 is 2.35 bits per heavy atom. The minimum absolute atomic E-state index is 0.0645. The van der Waals surface area contributed by atoms with Crippen LogP contribution in [0.25, 0.3) is 0 Å². The van der Waals surface area contributed by atoms with Crippen molar-refractivity contribution < 1.29 is 9.59 Å². The molecule has 6 heteroatoms. The minimum atomic E-state index is -0.492. The first-order valence-electron chi connectivity index (χ1n) is 8.54. The molecule has 0 aromatic heterocycles. The summed E-state index contributed by atoms with van der Waals surface area (Å²) < 4.78 is 0. The number of nitrogens with one attached hydrogen (secondary N) is 3. The highest BCUT2D eigenvalue weighted by Gasteiger charge is 2.29. The summed E-state index contributed by atoms with van der Waals surface area (Å²) in [4.78, 5) is 24.1. The molecule has 1 aliphatic rings. The minimum Gasteiger partial charge on any atom is -0.374 e. The van der Waals surface area contributed by atoms with Crippen LogP contribution >= 0.6 is 0 Å². The maximum absolute atomic E-state index is 12.3. The Hall–Kier alpha value is -3.33. The van der Waals surface area contributed by atoms with Crippen LogP contribution in [0.1, 0.15) is 25.3 Å². The monoisotopic (exact) mass is 348 g/mol. The summed E-state index contributed by atoms with van der Waals surface area (Å²) in [6.45, 7) is 1.74. The zero-order chi connectivity index (χ0) is 18.5. The van der Waals surface area contributed by atoms with E-state index in [2.05, 4.69) is 22.0 Å². The zero-order valence-corrected chi connectivity index (χ0v) is 14.5. The molecular weight excluding hydrogens is 328 g/mol. The third-order valence-electron chi connectivity index (χ3n) is 4.18. The van der Waals surface area contributed by atoms with E-state index in [4.69, 9.17) is 5.26 Å². The molecule has 132 valence electrons. The van der Waals surface area contributed by atoms with Crippen LogP contribution in [-0.2, 0) is 9.59 Å². The Bertz CT molecular complexity index is 851. The Morgan fingerprint density at radius 2 is 1.69 bits per heavy atom. The van der Waals surface area contributed by atoms with Gasteiger partial charge in [0.05, 0.1) is 11.3 Å². The Morgan fingerprint density at radius 1 is 1.04 bits per heavy atom. The van der Waals surface area contributed by atoms with E-state index in [0.717, 1.165) is 24.2 Å². The van der Waals surface area contributed by atoms with Gasteiger partial charge in [-0.05, 0) is 56.2 Å². The SMILES string of the molecule is C[C@H](Nc1ccc(NC(=O)C2CC2)cc1)C(=O)Nc1ccccc1C#N. The van der Waals surface area contributed by atoms with E-state index in [9.17, 15) is 9.59 Å². The molecular formula is C20H20N4O2. The summed E-state index contributed by atoms with van der Waals surface area (Å²) in [7, 11) is 0. The highest BCUT2D eigenvalue weighted by Crippen LogP contribution is 2.30. The number of amides is 2. The van der Waals surface area contributed by atoms with Gasteiger partial charge >= 0.3 is 0 Å². The molecule has 1 fully saturated rings. The first-order valence-corrected chi connectivity index (χ1v) is 8.54. The molecule has 0 bridgehead atoms. The van der Waals surface area contributed by atoms with Crippen molar-refractivity contribution in [1.82, 2.24) is 0 Å². The predicted octanol–water partition coefficient (Wildman–Crippen LogP) is 3.35. The van der Waals surface area contributed by atoms with Crippen LogP contribution in [0, 0.1) is 17.2 Å².